The van der Waals surface area contributed by atoms with Crippen LogP contribution in [0.15, 0.2) is 30.3 Å². The summed E-state index contributed by atoms with van der Waals surface area (Å²) in [7, 11) is 0. The van der Waals surface area contributed by atoms with Gasteiger partial charge in [0, 0.05) is 6.54 Å². The van der Waals surface area contributed by atoms with Crippen LogP contribution in [-0.2, 0) is 16.1 Å². The summed E-state index contributed by atoms with van der Waals surface area (Å²) in [6.45, 7) is 6.26. The van der Waals surface area contributed by atoms with Gasteiger partial charge in [-0.05, 0) is 57.4 Å². The number of nitrogens with one attached hydrogen (secondary N) is 2. The molecule has 3 N–H and O–H groups in total. The molecule has 0 aromatic heterocycles. The SMILES string of the molecule is CC(C)(C)OC(=O)NCC1CCC(C[C@@H](CO)NC(=O)OCc2ccccc2)CC1. The van der Waals surface area contributed by atoms with Crippen molar-refractivity contribution in [1.29, 1.82) is 0 Å². The lowest BCUT2D eigenvalue weighted by Gasteiger charge is -2.31. The van der Waals surface area contributed by atoms with E-state index in [2.05, 4.69) is 10.6 Å². The van der Waals surface area contributed by atoms with Crippen LogP contribution in [0.2, 0.25) is 0 Å². The van der Waals surface area contributed by atoms with Gasteiger partial charge in [0.15, 0.2) is 0 Å². The zero-order valence-electron chi connectivity index (χ0n) is 18.4. The zero-order chi connectivity index (χ0) is 22.0. The molecule has 7 nitrogen and oxygen atoms in total. The van der Waals surface area contributed by atoms with Gasteiger partial charge in [0.1, 0.15) is 12.2 Å². The Labute approximate surface area is 179 Å². The van der Waals surface area contributed by atoms with Crippen LogP contribution in [0.1, 0.15) is 58.4 Å². The van der Waals surface area contributed by atoms with Crippen molar-refractivity contribution in [2.45, 2.75) is 71.1 Å². The third-order valence-corrected chi connectivity index (χ3v) is 5.27. The number of alkyl carbamates (subject to hydrolysis) is 2. The van der Waals surface area contributed by atoms with E-state index in [0.717, 1.165) is 37.7 Å². The average Bonchev–Trinajstić information content (AvgIpc) is 2.71. The molecular weight excluding hydrogens is 384 g/mol. The Hall–Kier alpha value is -2.28. The molecule has 1 aliphatic rings. The van der Waals surface area contributed by atoms with Gasteiger partial charge >= 0.3 is 12.2 Å². The van der Waals surface area contributed by atoms with Crippen molar-refractivity contribution in [1.82, 2.24) is 10.6 Å². The Bertz CT molecular complexity index is 651. The first kappa shape index (κ1) is 24.0. The van der Waals surface area contributed by atoms with Gasteiger partial charge in [-0.1, -0.05) is 43.2 Å². The van der Waals surface area contributed by atoms with Crippen LogP contribution in [0, 0.1) is 11.8 Å². The molecule has 0 radical (unpaired) electrons. The van der Waals surface area contributed by atoms with Crippen LogP contribution in [-0.4, -0.2) is 42.1 Å². The molecule has 0 heterocycles. The molecule has 0 saturated heterocycles. The Balaban J connectivity index is 1.64. The topological polar surface area (TPSA) is 96.9 Å². The molecule has 0 aliphatic heterocycles. The summed E-state index contributed by atoms with van der Waals surface area (Å²) in [5, 5.41) is 15.3. The van der Waals surface area contributed by atoms with Crippen molar-refractivity contribution in [2.75, 3.05) is 13.2 Å². The fourth-order valence-electron chi connectivity index (χ4n) is 3.73. The summed E-state index contributed by atoms with van der Waals surface area (Å²) in [6.07, 6.45) is 3.89. The summed E-state index contributed by atoms with van der Waals surface area (Å²) >= 11 is 0. The molecule has 0 bridgehead atoms. The fourth-order valence-corrected chi connectivity index (χ4v) is 3.73. The Kier molecular flexibility index (Phi) is 9.43. The van der Waals surface area contributed by atoms with Crippen LogP contribution in [0.4, 0.5) is 9.59 Å². The Morgan fingerprint density at radius 1 is 1.07 bits per heavy atom. The highest BCUT2D eigenvalue weighted by Gasteiger charge is 2.25. The van der Waals surface area contributed by atoms with E-state index >= 15 is 0 Å². The summed E-state index contributed by atoms with van der Waals surface area (Å²) in [5.74, 6) is 0.875. The molecule has 30 heavy (non-hydrogen) atoms. The molecule has 0 spiro atoms. The molecule has 1 saturated carbocycles. The summed E-state index contributed by atoms with van der Waals surface area (Å²) in [6, 6.07) is 9.18. The van der Waals surface area contributed by atoms with Crippen molar-refractivity contribution in [2.24, 2.45) is 11.8 Å². The minimum Gasteiger partial charge on any atom is -0.445 e. The van der Waals surface area contributed by atoms with Crippen LogP contribution in [0.3, 0.4) is 0 Å². The van der Waals surface area contributed by atoms with E-state index in [0.29, 0.717) is 18.4 Å². The van der Waals surface area contributed by atoms with Crippen molar-refractivity contribution in [3.8, 4) is 0 Å². The molecule has 7 heteroatoms. The largest absolute Gasteiger partial charge is 0.445 e. The highest BCUT2D eigenvalue weighted by Crippen LogP contribution is 2.31. The van der Waals surface area contributed by atoms with Gasteiger partial charge < -0.3 is 25.2 Å². The number of hydrogen-bond acceptors (Lipinski definition) is 5. The van der Waals surface area contributed by atoms with Gasteiger partial charge in [-0.15, -0.1) is 0 Å². The zero-order valence-corrected chi connectivity index (χ0v) is 18.4. The second-order valence-corrected chi connectivity index (χ2v) is 9.09. The molecular formula is C23H36N2O5. The van der Waals surface area contributed by atoms with E-state index in [1.807, 2.05) is 51.1 Å². The summed E-state index contributed by atoms with van der Waals surface area (Å²) < 4.78 is 10.5. The van der Waals surface area contributed by atoms with Crippen molar-refractivity contribution < 1.29 is 24.2 Å². The van der Waals surface area contributed by atoms with Gasteiger partial charge in [0.2, 0.25) is 0 Å². The van der Waals surface area contributed by atoms with E-state index in [1.54, 1.807) is 0 Å². The molecule has 168 valence electrons. The van der Waals surface area contributed by atoms with Crippen LogP contribution >= 0.6 is 0 Å². The normalized spacial score (nSPS) is 20.1. The smallest absolute Gasteiger partial charge is 0.407 e. The lowest BCUT2D eigenvalue weighted by Crippen LogP contribution is -2.40. The van der Waals surface area contributed by atoms with E-state index in [-0.39, 0.29) is 25.3 Å². The molecule has 2 amide bonds. The number of rotatable bonds is 8. The Morgan fingerprint density at radius 2 is 1.70 bits per heavy atom. The minimum atomic E-state index is -0.506. The summed E-state index contributed by atoms with van der Waals surface area (Å²) in [5.41, 5.74) is 0.433. The number of benzene rings is 1. The average molecular weight is 421 g/mol. The fraction of sp³-hybridized carbons (Fsp3) is 0.652. The highest BCUT2D eigenvalue weighted by molar-refractivity contribution is 5.68. The van der Waals surface area contributed by atoms with E-state index in [1.165, 1.54) is 0 Å². The maximum Gasteiger partial charge on any atom is 0.407 e. The van der Waals surface area contributed by atoms with Crippen LogP contribution in [0.5, 0.6) is 0 Å². The highest BCUT2D eigenvalue weighted by atomic mass is 16.6. The third kappa shape index (κ3) is 9.48. The maximum absolute atomic E-state index is 12.0. The number of amides is 2. The van der Waals surface area contributed by atoms with Gasteiger partial charge in [-0.2, -0.15) is 0 Å². The molecule has 1 aromatic carbocycles. The van der Waals surface area contributed by atoms with Gasteiger partial charge in [-0.25, -0.2) is 9.59 Å². The quantitative estimate of drug-likeness (QED) is 0.591. The van der Waals surface area contributed by atoms with Crippen molar-refractivity contribution >= 4 is 12.2 Å². The monoisotopic (exact) mass is 420 g/mol. The van der Waals surface area contributed by atoms with E-state index in [4.69, 9.17) is 9.47 Å². The van der Waals surface area contributed by atoms with Crippen molar-refractivity contribution in [3.05, 3.63) is 35.9 Å². The first-order valence-electron chi connectivity index (χ1n) is 10.8. The summed E-state index contributed by atoms with van der Waals surface area (Å²) in [4.78, 5) is 23.8. The second-order valence-electron chi connectivity index (χ2n) is 9.09. The third-order valence-electron chi connectivity index (χ3n) is 5.27. The van der Waals surface area contributed by atoms with Crippen LogP contribution in [0.25, 0.3) is 0 Å². The number of aliphatic hydroxyl groups excluding tert-OH is 1. The second kappa shape index (κ2) is 11.8. The maximum atomic E-state index is 12.0. The first-order valence-corrected chi connectivity index (χ1v) is 10.8. The lowest BCUT2D eigenvalue weighted by molar-refractivity contribution is 0.0512. The number of aliphatic hydroxyl groups is 1. The molecule has 2 rings (SSSR count). The van der Waals surface area contributed by atoms with E-state index < -0.39 is 11.7 Å². The molecule has 1 atom stereocenters. The van der Waals surface area contributed by atoms with Crippen molar-refractivity contribution in [3.63, 3.8) is 0 Å². The number of hydrogen-bond donors (Lipinski definition) is 3. The molecule has 1 fully saturated rings. The number of carbonyl (C=O) groups excluding carboxylic acids is 2. The standard InChI is InChI=1S/C23H36N2O5/c1-23(2,3)30-21(27)24-14-18-11-9-17(10-12-18)13-20(15-26)25-22(28)29-16-19-7-5-4-6-8-19/h4-8,17-18,20,26H,9-16H2,1-3H3,(H,24,27)(H,25,28)/t17?,18?,20-/m0/s1. The number of ether oxygens (including phenoxy) is 2. The molecule has 1 aliphatic carbocycles. The first-order chi connectivity index (χ1) is 14.2. The lowest BCUT2D eigenvalue weighted by atomic mass is 9.79. The Morgan fingerprint density at radius 3 is 2.30 bits per heavy atom. The predicted octanol–water partition coefficient (Wildman–Crippen LogP) is 3.99. The van der Waals surface area contributed by atoms with Gasteiger partial charge in [0.05, 0.1) is 12.6 Å². The van der Waals surface area contributed by atoms with Gasteiger partial charge in [-0.3, -0.25) is 0 Å². The van der Waals surface area contributed by atoms with Crippen LogP contribution < -0.4 is 10.6 Å². The van der Waals surface area contributed by atoms with E-state index in [9.17, 15) is 14.7 Å². The minimum absolute atomic E-state index is 0.111. The van der Waals surface area contributed by atoms with Gasteiger partial charge in [0.25, 0.3) is 0 Å². The molecule has 1 aromatic rings. The molecule has 0 unspecified atom stereocenters. The predicted molar refractivity (Wildman–Crippen MR) is 115 cm³/mol. The number of carbonyl (C=O) groups is 2.